The molecule has 150 valence electrons. The first-order chi connectivity index (χ1) is 13.4. The van der Waals surface area contributed by atoms with Crippen molar-refractivity contribution in [2.45, 2.75) is 30.7 Å². The number of phenols is 2. The summed E-state index contributed by atoms with van der Waals surface area (Å²) in [6.45, 7) is -0.403. The minimum absolute atomic E-state index is 0.120. The van der Waals surface area contributed by atoms with Crippen molar-refractivity contribution in [2.24, 2.45) is 0 Å². The number of aromatic hydroxyl groups is 2. The smallest absolute Gasteiger partial charge is 0.338 e. The lowest BCUT2D eigenvalue weighted by molar-refractivity contribution is -0.277. The molecular weight excluding hydrogens is 372 g/mol. The number of phenolic OH excluding ortho intramolecular Hbond substituents is 2. The van der Waals surface area contributed by atoms with Crippen LogP contribution in [0.4, 0.5) is 0 Å². The van der Waals surface area contributed by atoms with Crippen LogP contribution in [0.15, 0.2) is 48.5 Å². The fourth-order valence-corrected chi connectivity index (χ4v) is 2.70. The van der Waals surface area contributed by atoms with Crippen LogP contribution < -0.4 is 4.74 Å². The van der Waals surface area contributed by atoms with Crippen molar-refractivity contribution in [2.75, 3.05) is 6.61 Å². The van der Waals surface area contributed by atoms with Crippen LogP contribution in [-0.4, -0.2) is 68.8 Å². The molecule has 1 saturated heterocycles. The topological polar surface area (TPSA) is 146 Å². The van der Waals surface area contributed by atoms with E-state index in [1.165, 1.54) is 12.1 Å². The molecule has 9 heteroatoms. The van der Waals surface area contributed by atoms with Crippen molar-refractivity contribution in [1.82, 2.24) is 0 Å². The lowest BCUT2D eigenvalue weighted by Crippen LogP contribution is -2.60. The SMILES string of the molecule is O=C(OC[C@H]1O[C@@H](Oc2ccc(O)cc2O)[C@H](O)[C@@H](O)[C@@H]1O)c1ccccc1. The van der Waals surface area contributed by atoms with E-state index in [0.29, 0.717) is 5.56 Å². The lowest BCUT2D eigenvalue weighted by Gasteiger charge is -2.39. The summed E-state index contributed by atoms with van der Waals surface area (Å²) in [6, 6.07) is 11.7. The maximum atomic E-state index is 12.0. The van der Waals surface area contributed by atoms with E-state index in [1.807, 2.05) is 0 Å². The zero-order valence-corrected chi connectivity index (χ0v) is 14.6. The molecule has 2 aromatic carbocycles. The molecular formula is C19H20O9. The van der Waals surface area contributed by atoms with Crippen molar-refractivity contribution in [3.8, 4) is 17.2 Å². The highest BCUT2D eigenvalue weighted by molar-refractivity contribution is 5.89. The fourth-order valence-electron chi connectivity index (χ4n) is 2.70. The maximum absolute atomic E-state index is 12.0. The van der Waals surface area contributed by atoms with Gasteiger partial charge in [0.1, 0.15) is 36.8 Å². The summed E-state index contributed by atoms with van der Waals surface area (Å²) in [5.74, 6) is -1.38. The first-order valence-electron chi connectivity index (χ1n) is 8.47. The summed E-state index contributed by atoms with van der Waals surface area (Å²) in [4.78, 5) is 12.0. The van der Waals surface area contributed by atoms with Gasteiger partial charge in [0.05, 0.1) is 5.56 Å². The van der Waals surface area contributed by atoms with Gasteiger partial charge in [-0.25, -0.2) is 4.79 Å². The molecule has 2 aromatic rings. The van der Waals surface area contributed by atoms with Crippen LogP contribution in [0, 0.1) is 0 Å². The van der Waals surface area contributed by atoms with E-state index in [2.05, 4.69) is 0 Å². The molecule has 0 aliphatic carbocycles. The average molecular weight is 392 g/mol. The number of hydrogen-bond donors (Lipinski definition) is 5. The third kappa shape index (κ3) is 4.34. The average Bonchev–Trinajstić information content (AvgIpc) is 2.69. The van der Waals surface area contributed by atoms with E-state index in [1.54, 1.807) is 30.3 Å². The van der Waals surface area contributed by atoms with Crippen LogP contribution in [0.1, 0.15) is 10.4 Å². The van der Waals surface area contributed by atoms with E-state index < -0.39 is 49.0 Å². The Balaban J connectivity index is 1.67. The number of aliphatic hydroxyl groups excluding tert-OH is 3. The van der Waals surface area contributed by atoms with E-state index in [0.717, 1.165) is 6.07 Å². The molecule has 0 aromatic heterocycles. The Hall–Kier alpha value is -2.85. The van der Waals surface area contributed by atoms with Crippen LogP contribution in [0.5, 0.6) is 17.2 Å². The van der Waals surface area contributed by atoms with Crippen molar-refractivity contribution in [1.29, 1.82) is 0 Å². The Kier molecular flexibility index (Phi) is 6.00. The standard InChI is InChI=1S/C19H20O9/c20-11-6-7-13(12(21)8-11)27-19-17(24)16(23)15(22)14(28-19)9-26-18(25)10-4-2-1-3-5-10/h1-8,14-17,19-24H,9H2/t14-,15-,16+,17-,19-/m1/s1. The Bertz CT molecular complexity index is 810. The molecule has 1 aliphatic heterocycles. The molecule has 1 aliphatic rings. The van der Waals surface area contributed by atoms with Gasteiger partial charge in [0.25, 0.3) is 0 Å². The highest BCUT2D eigenvalue weighted by atomic mass is 16.7. The van der Waals surface area contributed by atoms with Crippen molar-refractivity contribution in [3.63, 3.8) is 0 Å². The van der Waals surface area contributed by atoms with Crippen molar-refractivity contribution < 1.29 is 44.5 Å². The normalized spacial score (nSPS) is 27.2. The molecule has 1 heterocycles. The van der Waals surface area contributed by atoms with Crippen LogP contribution in [0.2, 0.25) is 0 Å². The summed E-state index contributed by atoms with van der Waals surface area (Å²) in [5, 5.41) is 49.4. The van der Waals surface area contributed by atoms with E-state index in [-0.39, 0.29) is 11.5 Å². The van der Waals surface area contributed by atoms with Gasteiger partial charge in [-0.1, -0.05) is 18.2 Å². The molecule has 28 heavy (non-hydrogen) atoms. The van der Waals surface area contributed by atoms with Crippen molar-refractivity contribution in [3.05, 3.63) is 54.1 Å². The first kappa shape index (κ1) is 19.9. The number of rotatable bonds is 5. The Morgan fingerprint density at radius 3 is 2.36 bits per heavy atom. The summed E-state index contributed by atoms with van der Waals surface area (Å²) in [6.07, 6.45) is -7.46. The van der Waals surface area contributed by atoms with Crippen LogP contribution >= 0.6 is 0 Å². The number of aliphatic hydroxyl groups is 3. The molecule has 0 bridgehead atoms. The Morgan fingerprint density at radius 2 is 1.68 bits per heavy atom. The predicted molar refractivity (Wildman–Crippen MR) is 93.8 cm³/mol. The Labute approximate surface area is 160 Å². The van der Waals surface area contributed by atoms with Gasteiger partial charge in [0.15, 0.2) is 11.5 Å². The predicted octanol–water partition coefficient (Wildman–Crippen LogP) is 0.141. The minimum atomic E-state index is -1.64. The third-order valence-corrected chi connectivity index (χ3v) is 4.24. The second-order valence-electron chi connectivity index (χ2n) is 6.25. The quantitative estimate of drug-likeness (QED) is 0.449. The van der Waals surface area contributed by atoms with E-state index in [4.69, 9.17) is 14.2 Å². The number of benzene rings is 2. The van der Waals surface area contributed by atoms with Gasteiger partial charge in [-0.15, -0.1) is 0 Å². The molecule has 0 spiro atoms. The molecule has 1 fully saturated rings. The largest absolute Gasteiger partial charge is 0.508 e. The van der Waals surface area contributed by atoms with Gasteiger partial charge >= 0.3 is 5.97 Å². The summed E-state index contributed by atoms with van der Waals surface area (Å²) >= 11 is 0. The van der Waals surface area contributed by atoms with Gasteiger partial charge < -0.3 is 39.7 Å². The van der Waals surface area contributed by atoms with E-state index in [9.17, 15) is 30.3 Å². The molecule has 5 N–H and O–H groups in total. The van der Waals surface area contributed by atoms with Crippen molar-refractivity contribution >= 4 is 5.97 Å². The fraction of sp³-hybridized carbons (Fsp3) is 0.316. The summed E-state index contributed by atoms with van der Waals surface area (Å²) in [7, 11) is 0. The van der Waals surface area contributed by atoms with Gasteiger partial charge in [0.2, 0.25) is 6.29 Å². The van der Waals surface area contributed by atoms with Crippen LogP contribution in [0.3, 0.4) is 0 Å². The highest BCUT2D eigenvalue weighted by Gasteiger charge is 2.45. The summed E-state index contributed by atoms with van der Waals surface area (Å²) < 4.78 is 15.9. The minimum Gasteiger partial charge on any atom is -0.508 e. The molecule has 0 unspecified atom stereocenters. The molecule has 0 radical (unpaired) electrons. The zero-order valence-electron chi connectivity index (χ0n) is 14.6. The first-order valence-corrected chi connectivity index (χ1v) is 8.47. The highest BCUT2D eigenvalue weighted by Crippen LogP contribution is 2.32. The number of carbonyl (C=O) groups excluding carboxylic acids is 1. The number of ether oxygens (including phenoxy) is 3. The third-order valence-electron chi connectivity index (χ3n) is 4.24. The van der Waals surface area contributed by atoms with Gasteiger partial charge in [-0.05, 0) is 24.3 Å². The second-order valence-corrected chi connectivity index (χ2v) is 6.25. The van der Waals surface area contributed by atoms with Gasteiger partial charge in [-0.2, -0.15) is 0 Å². The molecule has 0 amide bonds. The molecule has 5 atom stereocenters. The summed E-state index contributed by atoms with van der Waals surface area (Å²) in [5.41, 5.74) is 0.301. The number of carbonyl (C=O) groups is 1. The lowest BCUT2D eigenvalue weighted by atomic mass is 9.99. The second kappa shape index (κ2) is 8.44. The van der Waals surface area contributed by atoms with Crippen LogP contribution in [0.25, 0.3) is 0 Å². The van der Waals surface area contributed by atoms with E-state index >= 15 is 0 Å². The maximum Gasteiger partial charge on any atom is 0.338 e. The Morgan fingerprint density at radius 1 is 0.964 bits per heavy atom. The molecule has 3 rings (SSSR count). The number of hydrogen-bond acceptors (Lipinski definition) is 9. The monoisotopic (exact) mass is 392 g/mol. The van der Waals surface area contributed by atoms with Gasteiger partial charge in [0, 0.05) is 6.07 Å². The van der Waals surface area contributed by atoms with Crippen LogP contribution in [-0.2, 0) is 9.47 Å². The van der Waals surface area contributed by atoms with Gasteiger partial charge in [-0.3, -0.25) is 0 Å². The zero-order chi connectivity index (χ0) is 20.3. The number of esters is 1. The molecule has 9 nitrogen and oxygen atoms in total. The molecule has 0 saturated carbocycles.